The lowest BCUT2D eigenvalue weighted by atomic mass is 10.1. The zero-order valence-electron chi connectivity index (χ0n) is 10.2. The number of hydrogen-bond donors (Lipinski definition) is 0. The largest absolute Gasteiger partial charge is 0.483 e. The third-order valence-corrected chi connectivity index (χ3v) is 3.57. The molecule has 18 heavy (non-hydrogen) atoms. The summed E-state index contributed by atoms with van der Waals surface area (Å²) in [5, 5.41) is 0. The van der Waals surface area contributed by atoms with Crippen molar-refractivity contribution in [1.29, 1.82) is 0 Å². The molecule has 102 valence electrons. The van der Waals surface area contributed by atoms with E-state index in [-0.39, 0.29) is 0 Å². The Kier molecular flexibility index (Phi) is 6.34. The van der Waals surface area contributed by atoms with Crippen molar-refractivity contribution in [2.45, 2.75) is 12.8 Å². The summed E-state index contributed by atoms with van der Waals surface area (Å²) >= 11 is 0. The average Bonchev–Trinajstić information content (AvgIpc) is 2.36. The van der Waals surface area contributed by atoms with Gasteiger partial charge in [-0.2, -0.15) is 0 Å². The minimum atomic E-state index is -2.05. The molecule has 0 saturated carbocycles. The zero-order chi connectivity index (χ0) is 13.5. The number of aryl methyl sites for hydroxylation is 1. The number of hydrogen-bond acceptors (Lipinski definition) is 3. The Labute approximate surface area is 105 Å². The summed E-state index contributed by atoms with van der Waals surface area (Å²) in [6, 6.07) is 1.97. The normalized spacial score (nSPS) is 11.2. The first-order chi connectivity index (χ1) is 8.58. The standard InChI is InChI=1S/C11H15F3O3Si/c1-15-18(16-2)17-5-3-4-8-6-9(12)11(14)10(13)7-8/h6-7,18H,3-5H2,1-2H3. The van der Waals surface area contributed by atoms with Crippen molar-refractivity contribution in [2.75, 3.05) is 20.8 Å². The van der Waals surface area contributed by atoms with Crippen LogP contribution in [0.15, 0.2) is 12.1 Å². The summed E-state index contributed by atoms with van der Waals surface area (Å²) in [6.45, 7) is 0.360. The Bertz CT molecular complexity index is 363. The quantitative estimate of drug-likeness (QED) is 0.435. The van der Waals surface area contributed by atoms with Gasteiger partial charge in [0.1, 0.15) is 0 Å². The summed E-state index contributed by atoms with van der Waals surface area (Å²) in [5.41, 5.74) is 0.392. The van der Waals surface area contributed by atoms with Gasteiger partial charge >= 0.3 is 9.53 Å². The van der Waals surface area contributed by atoms with Gasteiger partial charge < -0.3 is 13.3 Å². The fourth-order valence-corrected chi connectivity index (χ4v) is 2.26. The Hall–Kier alpha value is -0.893. The highest BCUT2D eigenvalue weighted by molar-refractivity contribution is 6.36. The molecule has 1 aromatic rings. The van der Waals surface area contributed by atoms with Crippen LogP contribution < -0.4 is 0 Å². The van der Waals surface area contributed by atoms with Crippen LogP contribution in [0.2, 0.25) is 0 Å². The fraction of sp³-hybridized carbons (Fsp3) is 0.455. The van der Waals surface area contributed by atoms with Crippen molar-refractivity contribution in [3.8, 4) is 0 Å². The van der Waals surface area contributed by atoms with Gasteiger partial charge in [0.05, 0.1) is 0 Å². The maximum absolute atomic E-state index is 12.9. The monoisotopic (exact) mass is 280 g/mol. The predicted molar refractivity (Wildman–Crippen MR) is 61.8 cm³/mol. The highest BCUT2D eigenvalue weighted by Gasteiger charge is 2.12. The lowest BCUT2D eigenvalue weighted by Crippen LogP contribution is -2.24. The first-order valence-electron chi connectivity index (χ1n) is 5.39. The molecule has 0 fully saturated rings. The van der Waals surface area contributed by atoms with E-state index in [4.69, 9.17) is 13.3 Å². The summed E-state index contributed by atoms with van der Waals surface area (Å²) < 4.78 is 53.6. The van der Waals surface area contributed by atoms with E-state index in [0.29, 0.717) is 25.0 Å². The second-order valence-electron chi connectivity index (χ2n) is 3.61. The average molecular weight is 280 g/mol. The van der Waals surface area contributed by atoms with Gasteiger partial charge in [-0.15, -0.1) is 0 Å². The maximum Gasteiger partial charge on any atom is 0.483 e. The van der Waals surface area contributed by atoms with Crippen LogP contribution in [0.5, 0.6) is 0 Å². The highest BCUT2D eigenvalue weighted by atomic mass is 28.3. The molecule has 0 spiro atoms. The molecule has 1 aromatic carbocycles. The summed E-state index contributed by atoms with van der Waals surface area (Å²) in [5.74, 6) is -3.79. The second-order valence-corrected chi connectivity index (χ2v) is 5.46. The smallest absolute Gasteiger partial charge is 0.379 e. The van der Waals surface area contributed by atoms with Crippen LogP contribution in [-0.4, -0.2) is 30.4 Å². The van der Waals surface area contributed by atoms with E-state index in [1.54, 1.807) is 0 Å². The van der Waals surface area contributed by atoms with Crippen molar-refractivity contribution in [1.82, 2.24) is 0 Å². The topological polar surface area (TPSA) is 27.7 Å². The van der Waals surface area contributed by atoms with Gasteiger partial charge in [-0.05, 0) is 30.5 Å². The molecule has 0 aliphatic carbocycles. The van der Waals surface area contributed by atoms with Crippen molar-refractivity contribution < 1.29 is 26.4 Å². The van der Waals surface area contributed by atoms with Crippen LogP contribution >= 0.6 is 0 Å². The molecule has 0 atom stereocenters. The van der Waals surface area contributed by atoms with Crippen molar-refractivity contribution >= 4 is 9.53 Å². The Morgan fingerprint density at radius 3 is 2.11 bits per heavy atom. The van der Waals surface area contributed by atoms with Crippen molar-refractivity contribution in [3.63, 3.8) is 0 Å². The van der Waals surface area contributed by atoms with Gasteiger partial charge in [-0.1, -0.05) is 0 Å². The summed E-state index contributed by atoms with van der Waals surface area (Å²) in [4.78, 5) is 0. The fourth-order valence-electron chi connectivity index (χ4n) is 1.44. The molecule has 0 saturated heterocycles. The lowest BCUT2D eigenvalue weighted by molar-refractivity contribution is 0.134. The third kappa shape index (κ3) is 4.41. The predicted octanol–water partition coefficient (Wildman–Crippen LogP) is 2.06. The minimum Gasteiger partial charge on any atom is -0.379 e. The van der Waals surface area contributed by atoms with Crippen molar-refractivity contribution in [3.05, 3.63) is 35.1 Å². The van der Waals surface area contributed by atoms with Gasteiger partial charge in [-0.3, -0.25) is 0 Å². The Morgan fingerprint density at radius 2 is 1.61 bits per heavy atom. The van der Waals surface area contributed by atoms with E-state index in [2.05, 4.69) is 0 Å². The second kappa shape index (κ2) is 7.52. The molecule has 0 N–H and O–H groups in total. The molecule has 7 heteroatoms. The lowest BCUT2D eigenvalue weighted by Gasteiger charge is -2.11. The number of rotatable bonds is 7. The van der Waals surface area contributed by atoms with Crippen LogP contribution in [0.4, 0.5) is 13.2 Å². The highest BCUT2D eigenvalue weighted by Crippen LogP contribution is 2.14. The van der Waals surface area contributed by atoms with Gasteiger partial charge in [-0.25, -0.2) is 13.2 Å². The van der Waals surface area contributed by atoms with E-state index in [1.807, 2.05) is 0 Å². The van der Waals surface area contributed by atoms with E-state index in [1.165, 1.54) is 14.2 Å². The van der Waals surface area contributed by atoms with Crippen LogP contribution in [0.25, 0.3) is 0 Å². The maximum atomic E-state index is 12.9. The molecule has 0 unspecified atom stereocenters. The molecular weight excluding hydrogens is 265 g/mol. The first kappa shape index (κ1) is 15.2. The molecule has 0 amide bonds. The van der Waals surface area contributed by atoms with Gasteiger partial charge in [0.2, 0.25) is 0 Å². The van der Waals surface area contributed by atoms with Crippen LogP contribution in [0.3, 0.4) is 0 Å². The van der Waals surface area contributed by atoms with Crippen LogP contribution in [-0.2, 0) is 19.7 Å². The van der Waals surface area contributed by atoms with E-state index in [0.717, 1.165) is 12.1 Å². The van der Waals surface area contributed by atoms with Crippen LogP contribution in [0, 0.1) is 17.5 Å². The summed E-state index contributed by atoms with van der Waals surface area (Å²) in [7, 11) is 0.929. The molecular formula is C11H15F3O3Si. The molecule has 0 aliphatic rings. The van der Waals surface area contributed by atoms with E-state index < -0.39 is 27.0 Å². The first-order valence-corrected chi connectivity index (χ1v) is 6.80. The van der Waals surface area contributed by atoms with E-state index in [9.17, 15) is 13.2 Å². The molecule has 0 aromatic heterocycles. The van der Waals surface area contributed by atoms with Crippen molar-refractivity contribution in [2.24, 2.45) is 0 Å². The van der Waals surface area contributed by atoms with Gasteiger partial charge in [0, 0.05) is 20.8 Å². The minimum absolute atomic E-state index is 0.360. The molecule has 0 heterocycles. The third-order valence-electron chi connectivity index (χ3n) is 2.29. The van der Waals surface area contributed by atoms with Gasteiger partial charge in [0.25, 0.3) is 0 Å². The van der Waals surface area contributed by atoms with Gasteiger partial charge in [0.15, 0.2) is 17.5 Å². The zero-order valence-corrected chi connectivity index (χ0v) is 11.4. The Morgan fingerprint density at radius 1 is 1.06 bits per heavy atom. The SMILES string of the molecule is CO[SiH](OC)OCCCc1cc(F)c(F)c(F)c1. The van der Waals surface area contributed by atoms with E-state index >= 15 is 0 Å². The molecule has 0 bridgehead atoms. The summed E-state index contributed by atoms with van der Waals surface area (Å²) in [6.07, 6.45) is 0.934. The van der Waals surface area contributed by atoms with Crippen LogP contribution in [0.1, 0.15) is 12.0 Å². The Balaban J connectivity index is 2.40. The molecule has 1 rings (SSSR count). The number of benzene rings is 1. The number of halogens is 3. The molecule has 0 radical (unpaired) electrons. The molecule has 3 nitrogen and oxygen atoms in total. The molecule has 0 aliphatic heterocycles.